The summed E-state index contributed by atoms with van der Waals surface area (Å²) in [6.45, 7) is 1.78. The largest absolute Gasteiger partial charge is 0.364 e. The molecule has 0 amide bonds. The molecule has 2 heterocycles. The van der Waals surface area contributed by atoms with Gasteiger partial charge in [-0.05, 0) is 31.9 Å². The molecule has 0 saturated carbocycles. The Kier molecular flexibility index (Phi) is 3.87. The first-order valence-electron chi connectivity index (χ1n) is 5.84. The monoisotopic (exact) mass is 236 g/mol. The van der Waals surface area contributed by atoms with Crippen molar-refractivity contribution in [2.45, 2.75) is 25.3 Å². The number of nitrogens with one attached hydrogen (secondary N) is 2. The highest BCUT2D eigenvalue weighted by Crippen LogP contribution is 2.20. The molecule has 2 rings (SSSR count). The van der Waals surface area contributed by atoms with Gasteiger partial charge in [0.05, 0.1) is 4.92 Å². The van der Waals surface area contributed by atoms with Gasteiger partial charge in [0.25, 0.3) is 0 Å². The molecule has 6 nitrogen and oxygen atoms in total. The fourth-order valence-corrected chi connectivity index (χ4v) is 2.05. The lowest BCUT2D eigenvalue weighted by Gasteiger charge is -2.10. The Bertz CT molecular complexity index is 391. The van der Waals surface area contributed by atoms with Crippen molar-refractivity contribution in [2.24, 2.45) is 0 Å². The quantitative estimate of drug-likeness (QED) is 0.598. The number of anilines is 1. The van der Waals surface area contributed by atoms with Crippen molar-refractivity contribution in [1.82, 2.24) is 10.3 Å². The molecule has 1 aliphatic heterocycles. The van der Waals surface area contributed by atoms with Crippen molar-refractivity contribution < 1.29 is 4.92 Å². The van der Waals surface area contributed by atoms with Gasteiger partial charge in [-0.3, -0.25) is 10.1 Å². The average molecular weight is 236 g/mol. The van der Waals surface area contributed by atoms with Crippen LogP contribution in [0.5, 0.6) is 0 Å². The highest BCUT2D eigenvalue weighted by atomic mass is 16.6. The Morgan fingerprint density at radius 1 is 1.65 bits per heavy atom. The molecule has 0 radical (unpaired) electrons. The minimum Gasteiger partial charge on any atom is -0.364 e. The molecule has 92 valence electrons. The van der Waals surface area contributed by atoms with Crippen LogP contribution in [0.1, 0.15) is 19.3 Å². The van der Waals surface area contributed by atoms with Gasteiger partial charge in [0.15, 0.2) is 0 Å². The van der Waals surface area contributed by atoms with Crippen molar-refractivity contribution in [3.05, 3.63) is 28.4 Å². The van der Waals surface area contributed by atoms with Crippen LogP contribution in [0.25, 0.3) is 0 Å². The van der Waals surface area contributed by atoms with E-state index < -0.39 is 4.92 Å². The van der Waals surface area contributed by atoms with E-state index in [9.17, 15) is 10.1 Å². The van der Waals surface area contributed by atoms with Gasteiger partial charge in [0.2, 0.25) is 5.82 Å². The van der Waals surface area contributed by atoms with Gasteiger partial charge in [-0.1, -0.05) is 0 Å². The van der Waals surface area contributed by atoms with E-state index in [0.29, 0.717) is 18.4 Å². The summed E-state index contributed by atoms with van der Waals surface area (Å²) in [6.07, 6.45) is 4.93. The van der Waals surface area contributed by atoms with Crippen molar-refractivity contribution in [3.8, 4) is 0 Å². The van der Waals surface area contributed by atoms with Crippen molar-refractivity contribution >= 4 is 11.5 Å². The second-order valence-electron chi connectivity index (χ2n) is 4.14. The molecule has 1 fully saturated rings. The van der Waals surface area contributed by atoms with Crippen LogP contribution >= 0.6 is 0 Å². The smallest absolute Gasteiger partial charge is 0.311 e. The Balaban J connectivity index is 1.87. The van der Waals surface area contributed by atoms with E-state index in [2.05, 4.69) is 15.6 Å². The van der Waals surface area contributed by atoms with E-state index >= 15 is 0 Å². The maximum atomic E-state index is 10.8. The Hall–Kier alpha value is -1.69. The predicted molar refractivity (Wildman–Crippen MR) is 65.0 cm³/mol. The molecule has 1 unspecified atom stereocenters. The van der Waals surface area contributed by atoms with Gasteiger partial charge in [0, 0.05) is 24.8 Å². The first-order valence-corrected chi connectivity index (χ1v) is 5.84. The topological polar surface area (TPSA) is 80.1 Å². The molecule has 1 saturated heterocycles. The molecular formula is C11H16N4O2. The normalized spacial score (nSPS) is 19.2. The van der Waals surface area contributed by atoms with E-state index in [1.54, 1.807) is 12.3 Å². The van der Waals surface area contributed by atoms with Crippen LogP contribution in [-0.4, -0.2) is 29.0 Å². The number of aromatic nitrogens is 1. The summed E-state index contributed by atoms with van der Waals surface area (Å²) in [5.74, 6) is 0.357. The summed E-state index contributed by atoms with van der Waals surface area (Å²) >= 11 is 0. The molecule has 17 heavy (non-hydrogen) atoms. The van der Waals surface area contributed by atoms with Gasteiger partial charge in [0.1, 0.15) is 0 Å². The minimum atomic E-state index is -0.414. The number of nitrogens with zero attached hydrogens (tertiary/aromatic N) is 2. The van der Waals surface area contributed by atoms with E-state index in [1.165, 1.54) is 18.9 Å². The first-order chi connectivity index (χ1) is 8.27. The number of rotatable bonds is 5. The number of hydrogen-bond donors (Lipinski definition) is 2. The van der Waals surface area contributed by atoms with E-state index in [0.717, 1.165) is 13.0 Å². The molecular weight excluding hydrogens is 220 g/mol. The molecule has 0 spiro atoms. The summed E-state index contributed by atoms with van der Waals surface area (Å²) in [5, 5.41) is 17.2. The van der Waals surface area contributed by atoms with Gasteiger partial charge in [-0.25, -0.2) is 4.98 Å². The lowest BCUT2D eigenvalue weighted by molar-refractivity contribution is -0.384. The SMILES string of the molecule is O=[N+]([O-])c1cccnc1NCCC1CCCN1. The molecule has 0 bridgehead atoms. The minimum absolute atomic E-state index is 0.0341. The predicted octanol–water partition coefficient (Wildman–Crippen LogP) is 1.54. The molecule has 1 aliphatic rings. The van der Waals surface area contributed by atoms with Gasteiger partial charge in [-0.2, -0.15) is 0 Å². The number of hydrogen-bond acceptors (Lipinski definition) is 5. The molecule has 6 heteroatoms. The highest BCUT2D eigenvalue weighted by Gasteiger charge is 2.16. The van der Waals surface area contributed by atoms with Crippen LogP contribution in [0.3, 0.4) is 0 Å². The van der Waals surface area contributed by atoms with Crippen LogP contribution in [-0.2, 0) is 0 Å². The van der Waals surface area contributed by atoms with E-state index in [-0.39, 0.29) is 5.69 Å². The lowest BCUT2D eigenvalue weighted by Crippen LogP contribution is -2.24. The van der Waals surface area contributed by atoms with E-state index in [1.807, 2.05) is 0 Å². The van der Waals surface area contributed by atoms with Gasteiger partial charge in [-0.15, -0.1) is 0 Å². The zero-order valence-electron chi connectivity index (χ0n) is 9.56. The van der Waals surface area contributed by atoms with Crippen LogP contribution < -0.4 is 10.6 Å². The molecule has 1 aromatic rings. The highest BCUT2D eigenvalue weighted by molar-refractivity contribution is 5.54. The average Bonchev–Trinajstić information content (AvgIpc) is 2.82. The summed E-state index contributed by atoms with van der Waals surface area (Å²) < 4.78 is 0. The maximum Gasteiger partial charge on any atom is 0.311 e. The number of nitro groups is 1. The molecule has 2 N–H and O–H groups in total. The second kappa shape index (κ2) is 5.58. The zero-order chi connectivity index (χ0) is 12.1. The second-order valence-corrected chi connectivity index (χ2v) is 4.14. The zero-order valence-corrected chi connectivity index (χ0v) is 9.56. The van der Waals surface area contributed by atoms with Crippen LogP contribution in [0.4, 0.5) is 11.5 Å². The third-order valence-corrected chi connectivity index (χ3v) is 2.93. The summed E-state index contributed by atoms with van der Waals surface area (Å²) in [5.41, 5.74) is 0.0341. The standard InChI is InChI=1S/C11H16N4O2/c16-15(17)10-4-2-7-13-11(10)14-8-5-9-3-1-6-12-9/h2,4,7,9,12H,1,3,5-6,8H2,(H,13,14). The maximum absolute atomic E-state index is 10.8. The Morgan fingerprint density at radius 2 is 2.53 bits per heavy atom. The lowest BCUT2D eigenvalue weighted by atomic mass is 10.1. The van der Waals surface area contributed by atoms with Crippen molar-refractivity contribution in [3.63, 3.8) is 0 Å². The van der Waals surface area contributed by atoms with Crippen LogP contribution in [0.15, 0.2) is 18.3 Å². The molecule has 1 atom stereocenters. The third-order valence-electron chi connectivity index (χ3n) is 2.93. The Labute approximate surface area is 99.6 Å². The first kappa shape index (κ1) is 11.8. The fraction of sp³-hybridized carbons (Fsp3) is 0.545. The van der Waals surface area contributed by atoms with Crippen LogP contribution in [0.2, 0.25) is 0 Å². The molecule has 1 aromatic heterocycles. The van der Waals surface area contributed by atoms with Crippen molar-refractivity contribution in [2.75, 3.05) is 18.4 Å². The molecule has 0 aromatic carbocycles. The van der Waals surface area contributed by atoms with Crippen molar-refractivity contribution in [1.29, 1.82) is 0 Å². The summed E-state index contributed by atoms with van der Waals surface area (Å²) in [4.78, 5) is 14.3. The molecule has 0 aliphatic carbocycles. The van der Waals surface area contributed by atoms with Gasteiger partial charge >= 0.3 is 5.69 Å². The number of pyridine rings is 1. The fourth-order valence-electron chi connectivity index (χ4n) is 2.05. The Morgan fingerprint density at radius 3 is 3.24 bits per heavy atom. The van der Waals surface area contributed by atoms with E-state index in [4.69, 9.17) is 0 Å². The van der Waals surface area contributed by atoms with Gasteiger partial charge < -0.3 is 10.6 Å². The van der Waals surface area contributed by atoms with Crippen LogP contribution in [0, 0.1) is 10.1 Å². The summed E-state index contributed by atoms with van der Waals surface area (Å²) in [6, 6.07) is 3.57. The third kappa shape index (κ3) is 3.13. The summed E-state index contributed by atoms with van der Waals surface area (Å²) in [7, 11) is 0.